The highest BCUT2D eigenvalue weighted by molar-refractivity contribution is 7.80. The minimum absolute atomic E-state index is 0.233. The van der Waals surface area contributed by atoms with Crippen molar-refractivity contribution in [2.24, 2.45) is 11.7 Å². The lowest BCUT2D eigenvalue weighted by Crippen LogP contribution is -2.20. The lowest BCUT2D eigenvalue weighted by Gasteiger charge is -2.10. The monoisotopic (exact) mass is 209 g/mol. The van der Waals surface area contributed by atoms with Crippen LogP contribution in [0, 0.1) is 5.92 Å². The molecule has 0 saturated carbocycles. The van der Waals surface area contributed by atoms with Crippen molar-refractivity contribution in [2.45, 2.75) is 13.3 Å². The van der Waals surface area contributed by atoms with Gasteiger partial charge in [-0.3, -0.25) is 0 Å². The second-order valence-electron chi connectivity index (χ2n) is 3.36. The summed E-state index contributed by atoms with van der Waals surface area (Å²) in [6.45, 7) is 2.03. The molecule has 1 atom stereocenters. The maximum absolute atomic E-state index is 5.55. The van der Waals surface area contributed by atoms with Gasteiger partial charge in [0.15, 0.2) is 0 Å². The summed E-state index contributed by atoms with van der Waals surface area (Å²) in [7, 11) is 1.66. The molecule has 2 nitrogen and oxygen atoms in total. The molecule has 0 amide bonds. The van der Waals surface area contributed by atoms with E-state index >= 15 is 0 Å². The van der Waals surface area contributed by atoms with E-state index in [0.717, 1.165) is 12.2 Å². The first kappa shape index (κ1) is 11.0. The molecular weight excluding hydrogens is 194 g/mol. The maximum Gasteiger partial charge on any atom is 0.119 e. The third-order valence-electron chi connectivity index (χ3n) is 2.16. The zero-order valence-corrected chi connectivity index (χ0v) is 9.30. The van der Waals surface area contributed by atoms with Gasteiger partial charge in [0.05, 0.1) is 12.1 Å². The molecular formula is C11H15NOS. The van der Waals surface area contributed by atoms with Crippen LogP contribution in [0.2, 0.25) is 0 Å². The molecule has 0 spiro atoms. The number of ether oxygens (including phenoxy) is 1. The molecule has 1 aromatic rings. The van der Waals surface area contributed by atoms with Crippen LogP contribution < -0.4 is 10.5 Å². The Bertz CT molecular complexity index is 325. The first-order chi connectivity index (χ1) is 6.63. The largest absolute Gasteiger partial charge is 0.497 e. The molecule has 0 aromatic heterocycles. The van der Waals surface area contributed by atoms with Gasteiger partial charge in [0.1, 0.15) is 5.75 Å². The van der Waals surface area contributed by atoms with Gasteiger partial charge in [-0.1, -0.05) is 31.3 Å². The van der Waals surface area contributed by atoms with Crippen molar-refractivity contribution in [3.8, 4) is 5.75 Å². The molecule has 0 heterocycles. The van der Waals surface area contributed by atoms with E-state index < -0.39 is 0 Å². The zero-order valence-electron chi connectivity index (χ0n) is 8.49. The third kappa shape index (κ3) is 3.00. The fourth-order valence-corrected chi connectivity index (χ4v) is 1.34. The third-order valence-corrected chi connectivity index (χ3v) is 2.56. The summed E-state index contributed by atoms with van der Waals surface area (Å²) in [5, 5.41) is 0. The van der Waals surface area contributed by atoms with E-state index in [2.05, 4.69) is 6.07 Å². The van der Waals surface area contributed by atoms with E-state index in [4.69, 9.17) is 22.7 Å². The van der Waals surface area contributed by atoms with Crippen molar-refractivity contribution in [2.75, 3.05) is 7.11 Å². The molecule has 1 unspecified atom stereocenters. The quantitative estimate of drug-likeness (QED) is 0.772. The van der Waals surface area contributed by atoms with Crippen LogP contribution in [0.4, 0.5) is 0 Å². The molecule has 0 aliphatic carbocycles. The highest BCUT2D eigenvalue weighted by Crippen LogP contribution is 2.15. The van der Waals surface area contributed by atoms with Gasteiger partial charge in [0.25, 0.3) is 0 Å². The van der Waals surface area contributed by atoms with E-state index in [-0.39, 0.29) is 5.92 Å². The Labute approximate surface area is 90.1 Å². The van der Waals surface area contributed by atoms with Crippen LogP contribution in [-0.2, 0) is 6.42 Å². The van der Waals surface area contributed by atoms with E-state index in [9.17, 15) is 0 Å². The Balaban J connectivity index is 2.71. The van der Waals surface area contributed by atoms with Gasteiger partial charge in [0.2, 0.25) is 0 Å². The molecule has 0 radical (unpaired) electrons. The van der Waals surface area contributed by atoms with E-state index in [1.165, 1.54) is 5.56 Å². The lowest BCUT2D eigenvalue weighted by atomic mass is 10.0. The summed E-state index contributed by atoms with van der Waals surface area (Å²) >= 11 is 4.93. The number of methoxy groups -OCH3 is 1. The number of hydrogen-bond acceptors (Lipinski definition) is 2. The summed E-state index contributed by atoms with van der Waals surface area (Å²) in [4.78, 5) is 0.563. The van der Waals surface area contributed by atoms with E-state index in [1.54, 1.807) is 7.11 Å². The topological polar surface area (TPSA) is 35.2 Å². The Morgan fingerprint density at radius 3 is 2.86 bits per heavy atom. The fraction of sp³-hybridized carbons (Fsp3) is 0.364. The van der Waals surface area contributed by atoms with E-state index in [0.29, 0.717) is 4.99 Å². The average molecular weight is 209 g/mol. The summed E-state index contributed by atoms with van der Waals surface area (Å²) < 4.78 is 5.13. The van der Waals surface area contributed by atoms with Gasteiger partial charge in [0, 0.05) is 5.92 Å². The van der Waals surface area contributed by atoms with Crippen molar-refractivity contribution in [1.82, 2.24) is 0 Å². The number of hydrogen-bond donors (Lipinski definition) is 1. The van der Waals surface area contributed by atoms with Crippen LogP contribution in [0.5, 0.6) is 5.75 Å². The van der Waals surface area contributed by atoms with E-state index in [1.807, 2.05) is 25.1 Å². The molecule has 3 heteroatoms. The van der Waals surface area contributed by atoms with Gasteiger partial charge >= 0.3 is 0 Å². The molecule has 1 rings (SSSR count). The minimum atomic E-state index is 0.233. The van der Waals surface area contributed by atoms with Crippen LogP contribution in [-0.4, -0.2) is 12.1 Å². The summed E-state index contributed by atoms with van der Waals surface area (Å²) in [6.07, 6.45) is 0.868. The van der Waals surface area contributed by atoms with Crippen molar-refractivity contribution in [3.63, 3.8) is 0 Å². The number of thiocarbonyl (C=S) groups is 1. The van der Waals surface area contributed by atoms with Gasteiger partial charge in [-0.25, -0.2) is 0 Å². The molecule has 0 fully saturated rings. The number of rotatable bonds is 4. The van der Waals surface area contributed by atoms with Gasteiger partial charge in [-0.15, -0.1) is 0 Å². The molecule has 14 heavy (non-hydrogen) atoms. The van der Waals surface area contributed by atoms with Crippen molar-refractivity contribution >= 4 is 17.2 Å². The Hall–Kier alpha value is -1.09. The zero-order chi connectivity index (χ0) is 10.6. The SMILES string of the molecule is COc1cccc(CC(C)C(N)=S)c1. The van der Waals surface area contributed by atoms with Gasteiger partial charge < -0.3 is 10.5 Å². The van der Waals surface area contributed by atoms with Crippen LogP contribution in [0.15, 0.2) is 24.3 Å². The van der Waals surface area contributed by atoms with Gasteiger partial charge in [-0.05, 0) is 24.1 Å². The van der Waals surface area contributed by atoms with Crippen LogP contribution in [0.1, 0.15) is 12.5 Å². The molecule has 76 valence electrons. The Kier molecular flexibility index (Phi) is 3.89. The average Bonchev–Trinajstić information content (AvgIpc) is 2.18. The lowest BCUT2D eigenvalue weighted by molar-refractivity contribution is 0.414. The minimum Gasteiger partial charge on any atom is -0.497 e. The molecule has 0 bridgehead atoms. The molecule has 0 aliphatic rings. The Morgan fingerprint density at radius 2 is 2.29 bits per heavy atom. The second kappa shape index (κ2) is 4.96. The summed E-state index contributed by atoms with van der Waals surface area (Å²) in [5.74, 6) is 1.11. The van der Waals surface area contributed by atoms with Crippen LogP contribution in [0.3, 0.4) is 0 Å². The highest BCUT2D eigenvalue weighted by atomic mass is 32.1. The molecule has 0 aliphatic heterocycles. The molecule has 2 N–H and O–H groups in total. The highest BCUT2D eigenvalue weighted by Gasteiger charge is 2.06. The normalized spacial score (nSPS) is 12.1. The second-order valence-corrected chi connectivity index (χ2v) is 3.83. The van der Waals surface area contributed by atoms with Crippen LogP contribution in [0.25, 0.3) is 0 Å². The predicted octanol–water partition coefficient (Wildman–Crippen LogP) is 2.16. The maximum atomic E-state index is 5.55. The smallest absolute Gasteiger partial charge is 0.119 e. The number of nitrogens with two attached hydrogens (primary N) is 1. The van der Waals surface area contributed by atoms with Crippen molar-refractivity contribution in [3.05, 3.63) is 29.8 Å². The Morgan fingerprint density at radius 1 is 1.57 bits per heavy atom. The predicted molar refractivity (Wildman–Crippen MR) is 62.6 cm³/mol. The summed E-state index contributed by atoms with van der Waals surface area (Å²) in [5.41, 5.74) is 6.75. The van der Waals surface area contributed by atoms with Crippen LogP contribution >= 0.6 is 12.2 Å². The standard InChI is InChI=1S/C11H15NOS/c1-8(11(12)14)6-9-4-3-5-10(7-9)13-2/h3-5,7-8H,6H2,1-2H3,(H2,12,14). The fourth-order valence-electron chi connectivity index (χ4n) is 1.25. The summed E-state index contributed by atoms with van der Waals surface area (Å²) in [6, 6.07) is 7.96. The van der Waals surface area contributed by atoms with Gasteiger partial charge in [-0.2, -0.15) is 0 Å². The first-order valence-corrected chi connectivity index (χ1v) is 4.96. The van der Waals surface area contributed by atoms with Crippen molar-refractivity contribution < 1.29 is 4.74 Å². The molecule has 0 saturated heterocycles. The number of benzene rings is 1. The first-order valence-electron chi connectivity index (χ1n) is 4.55. The van der Waals surface area contributed by atoms with Crippen molar-refractivity contribution in [1.29, 1.82) is 0 Å². The molecule has 1 aromatic carbocycles.